The average Bonchev–Trinajstić information content (AvgIpc) is 2.94. The third kappa shape index (κ3) is 5.93. The van der Waals surface area contributed by atoms with Gasteiger partial charge in [0, 0.05) is 30.6 Å². The first-order chi connectivity index (χ1) is 19.6. The van der Waals surface area contributed by atoms with Gasteiger partial charge in [0.05, 0.1) is 12.7 Å². The van der Waals surface area contributed by atoms with Crippen molar-refractivity contribution in [2.75, 3.05) is 24.1 Å². The molecule has 2 atom stereocenters. The quantitative estimate of drug-likeness (QED) is 0.327. The molecule has 1 saturated heterocycles. The van der Waals surface area contributed by atoms with Crippen molar-refractivity contribution in [3.05, 3.63) is 76.2 Å². The molecule has 1 aliphatic heterocycles. The van der Waals surface area contributed by atoms with E-state index in [4.69, 9.17) is 10.5 Å². The Balaban J connectivity index is 1.39. The number of likely N-dealkylation sites (tertiary alicyclic amines) is 1. The number of alkyl halides is 1. The first-order valence-corrected chi connectivity index (χ1v) is 13.0. The number of hydrogen-bond acceptors (Lipinski definition) is 8. The Bertz CT molecular complexity index is 1630. The normalized spacial score (nSPS) is 17.2. The zero-order valence-corrected chi connectivity index (χ0v) is 22.4. The predicted octanol–water partition coefficient (Wildman–Crippen LogP) is 4.46. The minimum Gasteiger partial charge on any atom is -0.445 e. The van der Waals surface area contributed by atoms with Crippen LogP contribution in [0.2, 0.25) is 0 Å². The third-order valence-electron chi connectivity index (χ3n) is 6.70. The Kier molecular flexibility index (Phi) is 7.77. The minimum absolute atomic E-state index is 0.0658. The number of hydrogen-bond donors (Lipinski definition) is 2. The maximum absolute atomic E-state index is 14.6. The first kappa shape index (κ1) is 27.9. The van der Waals surface area contributed by atoms with Crippen LogP contribution in [0.15, 0.2) is 53.5 Å². The highest BCUT2D eigenvalue weighted by atomic mass is 19.1. The van der Waals surface area contributed by atoms with E-state index in [1.807, 2.05) is 30.3 Å². The van der Waals surface area contributed by atoms with E-state index in [0.29, 0.717) is 0 Å². The number of nitrogen functional groups attached to an aromatic ring is 1. The second-order valence-electron chi connectivity index (χ2n) is 10.1. The molecule has 3 N–H and O–H groups in total. The molecule has 3 heterocycles. The molecular weight excluding hydrogens is 539 g/mol. The molecule has 1 fully saturated rings. The number of carbonyl (C=O) groups is 1. The van der Waals surface area contributed by atoms with Gasteiger partial charge in [-0.05, 0) is 31.5 Å². The van der Waals surface area contributed by atoms with Crippen molar-refractivity contribution in [3.8, 4) is 11.3 Å². The first-order valence-electron chi connectivity index (χ1n) is 13.0. The van der Waals surface area contributed by atoms with Gasteiger partial charge in [-0.2, -0.15) is 4.98 Å². The van der Waals surface area contributed by atoms with Gasteiger partial charge in [-0.1, -0.05) is 30.3 Å². The lowest BCUT2D eigenvalue weighted by atomic mass is 10.0. The highest BCUT2D eigenvalue weighted by Crippen LogP contribution is 2.25. The monoisotopic (exact) mass is 567 g/mol. The van der Waals surface area contributed by atoms with Crippen molar-refractivity contribution in [1.29, 1.82) is 0 Å². The maximum Gasteiger partial charge on any atom is 0.410 e. The van der Waals surface area contributed by atoms with Crippen LogP contribution in [0.1, 0.15) is 31.9 Å². The van der Waals surface area contributed by atoms with E-state index in [-0.39, 0.29) is 54.5 Å². The topological polar surface area (TPSA) is 128 Å². The molecule has 0 saturated carbocycles. The van der Waals surface area contributed by atoms with Crippen molar-refractivity contribution in [2.24, 2.45) is 0 Å². The summed E-state index contributed by atoms with van der Waals surface area (Å²) in [4.78, 5) is 40.3. The largest absolute Gasteiger partial charge is 0.445 e. The Morgan fingerprint density at radius 1 is 1.15 bits per heavy atom. The number of rotatable bonds is 6. The van der Waals surface area contributed by atoms with Gasteiger partial charge in [-0.25, -0.2) is 27.9 Å². The summed E-state index contributed by atoms with van der Waals surface area (Å²) in [5.74, 6) is -1.92. The Morgan fingerprint density at radius 3 is 2.54 bits per heavy atom. The summed E-state index contributed by atoms with van der Waals surface area (Å²) < 4.78 is 49.6. The molecule has 10 nitrogen and oxygen atoms in total. The molecule has 41 heavy (non-hydrogen) atoms. The third-order valence-corrected chi connectivity index (χ3v) is 6.70. The molecule has 0 bridgehead atoms. The molecule has 0 spiro atoms. The van der Waals surface area contributed by atoms with Gasteiger partial charge in [0.25, 0.3) is 5.56 Å². The molecule has 0 radical (unpaired) electrons. The molecule has 5 rings (SSSR count). The molecule has 0 aliphatic carbocycles. The molecule has 0 unspecified atom stereocenters. The van der Waals surface area contributed by atoms with Crippen LogP contribution in [0.5, 0.6) is 0 Å². The number of nitrogens with two attached hydrogens (primary N) is 1. The fraction of sp³-hybridized carbons (Fsp3) is 0.321. The molecular formula is C28H28F3N7O3. The summed E-state index contributed by atoms with van der Waals surface area (Å²) in [6.07, 6.45) is -0.474. The summed E-state index contributed by atoms with van der Waals surface area (Å²) in [7, 11) is 0. The number of anilines is 2. The molecule has 214 valence electrons. The number of nitrogens with one attached hydrogen (secondary N) is 1. The van der Waals surface area contributed by atoms with Crippen molar-refractivity contribution in [3.63, 3.8) is 0 Å². The standard InChI is InChI=1S/C28H28F3N7O3/c1-15(2)38-25-22(35-24(26(38)39)17-8-20(30)23(32)21(31)9-17)11-33-27(36-25)34-19-10-18(29)12-37(13-19)28(40)41-14-16-6-4-3-5-7-16/h3-9,11,15,18-19H,10,12-14,32H2,1-2H3,(H,33,34,36)/t18-,19-/m0/s1. The number of ether oxygens (including phenoxy) is 1. The zero-order valence-electron chi connectivity index (χ0n) is 22.4. The van der Waals surface area contributed by atoms with E-state index in [1.54, 1.807) is 13.8 Å². The van der Waals surface area contributed by atoms with Crippen LogP contribution >= 0.6 is 0 Å². The molecule has 13 heteroatoms. The summed E-state index contributed by atoms with van der Waals surface area (Å²) in [6, 6.07) is 10.1. The second kappa shape index (κ2) is 11.4. The van der Waals surface area contributed by atoms with Crippen LogP contribution in [0.3, 0.4) is 0 Å². The lowest BCUT2D eigenvalue weighted by Crippen LogP contribution is -2.50. The Hall–Kier alpha value is -4.68. The van der Waals surface area contributed by atoms with Crippen LogP contribution in [-0.4, -0.2) is 55.8 Å². The van der Waals surface area contributed by atoms with Crippen LogP contribution in [0.4, 0.5) is 29.6 Å². The summed E-state index contributed by atoms with van der Waals surface area (Å²) in [5.41, 5.74) is 5.03. The van der Waals surface area contributed by atoms with Gasteiger partial charge >= 0.3 is 6.09 Å². The van der Waals surface area contributed by atoms with Gasteiger partial charge in [0.2, 0.25) is 5.95 Å². The molecule has 2 aromatic carbocycles. The summed E-state index contributed by atoms with van der Waals surface area (Å²) in [5, 5.41) is 3.05. The van der Waals surface area contributed by atoms with Crippen LogP contribution < -0.4 is 16.6 Å². The minimum atomic E-state index is -1.30. The van der Waals surface area contributed by atoms with Crippen molar-refractivity contribution >= 4 is 28.9 Å². The lowest BCUT2D eigenvalue weighted by molar-refractivity contribution is 0.0685. The summed E-state index contributed by atoms with van der Waals surface area (Å²) >= 11 is 0. The number of aromatic nitrogens is 4. The van der Waals surface area contributed by atoms with Gasteiger partial charge in [-0.3, -0.25) is 9.36 Å². The Labute approximate surface area is 233 Å². The van der Waals surface area contributed by atoms with Crippen LogP contribution in [0.25, 0.3) is 22.4 Å². The van der Waals surface area contributed by atoms with Gasteiger partial charge in [0.15, 0.2) is 5.65 Å². The molecule has 2 aromatic heterocycles. The number of benzene rings is 2. The number of amides is 1. The Morgan fingerprint density at radius 2 is 1.85 bits per heavy atom. The van der Waals surface area contributed by atoms with E-state index in [1.165, 1.54) is 15.7 Å². The molecule has 4 aromatic rings. The van der Waals surface area contributed by atoms with Crippen LogP contribution in [-0.2, 0) is 11.3 Å². The van der Waals surface area contributed by atoms with E-state index in [9.17, 15) is 22.8 Å². The lowest BCUT2D eigenvalue weighted by Gasteiger charge is -2.34. The van der Waals surface area contributed by atoms with E-state index < -0.39 is 47.2 Å². The van der Waals surface area contributed by atoms with E-state index >= 15 is 0 Å². The smallest absolute Gasteiger partial charge is 0.410 e. The van der Waals surface area contributed by atoms with Gasteiger partial charge in [0.1, 0.15) is 41.3 Å². The molecule has 1 amide bonds. The van der Waals surface area contributed by atoms with Gasteiger partial charge < -0.3 is 20.7 Å². The van der Waals surface area contributed by atoms with Crippen molar-refractivity contribution < 1.29 is 22.7 Å². The second-order valence-corrected chi connectivity index (χ2v) is 10.1. The number of carbonyl (C=O) groups excluding carboxylic acids is 1. The van der Waals surface area contributed by atoms with E-state index in [0.717, 1.165) is 17.7 Å². The number of fused-ring (bicyclic) bond motifs is 1. The number of piperidine rings is 1. The zero-order chi connectivity index (χ0) is 29.3. The van der Waals surface area contributed by atoms with Crippen LogP contribution in [0, 0.1) is 11.6 Å². The highest BCUT2D eigenvalue weighted by molar-refractivity contribution is 5.75. The fourth-order valence-electron chi connectivity index (χ4n) is 4.74. The number of nitrogens with zero attached hydrogens (tertiary/aromatic N) is 5. The summed E-state index contributed by atoms with van der Waals surface area (Å²) in [6.45, 7) is 3.61. The molecule has 1 aliphatic rings. The highest BCUT2D eigenvalue weighted by Gasteiger charge is 2.31. The van der Waals surface area contributed by atoms with E-state index in [2.05, 4.69) is 20.3 Å². The maximum atomic E-state index is 14.6. The van der Waals surface area contributed by atoms with Gasteiger partial charge in [-0.15, -0.1) is 0 Å². The predicted molar refractivity (Wildman–Crippen MR) is 147 cm³/mol. The van der Waals surface area contributed by atoms with Crippen molar-refractivity contribution in [2.45, 2.75) is 45.1 Å². The SMILES string of the molecule is CC(C)n1c(=O)c(-c2cc(F)c(N)c(F)c2)nc2cnc(N[C@H]3C[C@H](F)CN(C(=O)OCc4ccccc4)C3)nc21. The van der Waals surface area contributed by atoms with Crippen molar-refractivity contribution in [1.82, 2.24) is 24.4 Å². The fourth-order valence-corrected chi connectivity index (χ4v) is 4.74. The number of halogens is 3. The average molecular weight is 568 g/mol.